The van der Waals surface area contributed by atoms with Crippen molar-refractivity contribution >= 4 is 22.7 Å². The molecule has 1 aromatic heterocycles. The van der Waals surface area contributed by atoms with Crippen LogP contribution >= 0.6 is 0 Å². The number of hydrogen-bond acceptors (Lipinski definition) is 7. The van der Waals surface area contributed by atoms with E-state index in [1.807, 2.05) is 18.2 Å². The molecule has 0 amide bonds. The van der Waals surface area contributed by atoms with E-state index in [-0.39, 0.29) is 24.9 Å². The minimum atomic E-state index is -1.39. The first kappa shape index (κ1) is 25.5. The van der Waals surface area contributed by atoms with Gasteiger partial charge in [0.25, 0.3) is 5.56 Å². The van der Waals surface area contributed by atoms with Crippen molar-refractivity contribution in [3.8, 4) is 0 Å². The van der Waals surface area contributed by atoms with Crippen LogP contribution in [0.5, 0.6) is 0 Å². The van der Waals surface area contributed by atoms with Crippen molar-refractivity contribution in [1.29, 1.82) is 0 Å². The standard InChI is InChI=1S/C29H38N4O5/c34-11-12-38-31-27(29(36)37)26-28(35)33(25-10-2-1-9-24(25)30-26)23-16-20-7-4-8-21(17-23)32(20)22-14-18-5-3-6-19(13-18)15-22/h1-2,9-10,18-23,34H,3-8,11-17H2,(H,36,37)/b31-27-/t18?,19?,20-,21+,22?,23?. The number of oxime groups is 1. The fourth-order valence-corrected chi connectivity index (χ4v) is 8.14. The van der Waals surface area contributed by atoms with Gasteiger partial charge in [-0.2, -0.15) is 0 Å². The molecule has 38 heavy (non-hydrogen) atoms. The third-order valence-electron chi connectivity index (χ3n) is 9.46. The molecule has 6 rings (SSSR count). The Morgan fingerprint density at radius 3 is 2.32 bits per heavy atom. The number of carboxylic acids is 1. The second-order valence-corrected chi connectivity index (χ2v) is 11.8. The number of aliphatic hydroxyl groups excluding tert-OH is 1. The fraction of sp³-hybridized carbons (Fsp3) is 0.655. The zero-order valence-corrected chi connectivity index (χ0v) is 21.9. The van der Waals surface area contributed by atoms with Crippen molar-refractivity contribution in [2.45, 2.75) is 94.8 Å². The number of piperidine rings is 2. The van der Waals surface area contributed by atoms with E-state index in [2.05, 4.69) is 15.0 Å². The van der Waals surface area contributed by atoms with E-state index in [0.717, 1.165) is 43.0 Å². The van der Waals surface area contributed by atoms with Crippen LogP contribution in [0.4, 0.5) is 0 Å². The first-order chi connectivity index (χ1) is 18.5. The van der Waals surface area contributed by atoms with Crippen LogP contribution in [0, 0.1) is 11.8 Å². The van der Waals surface area contributed by atoms with Crippen LogP contribution in [0.2, 0.25) is 0 Å². The van der Waals surface area contributed by atoms with Crippen LogP contribution in [0.25, 0.3) is 11.0 Å². The Labute approximate surface area is 222 Å². The molecule has 0 spiro atoms. The topological polar surface area (TPSA) is 117 Å². The summed E-state index contributed by atoms with van der Waals surface area (Å²) in [5.74, 6) is 0.369. The smallest absolute Gasteiger partial charge is 0.360 e. The molecule has 4 bridgehead atoms. The van der Waals surface area contributed by atoms with E-state index in [1.165, 1.54) is 44.9 Å². The maximum absolute atomic E-state index is 13.9. The number of hydrogen-bond donors (Lipinski definition) is 2. The van der Waals surface area contributed by atoms with Crippen molar-refractivity contribution in [3.05, 3.63) is 40.3 Å². The van der Waals surface area contributed by atoms with E-state index in [4.69, 9.17) is 9.94 Å². The second-order valence-electron chi connectivity index (χ2n) is 11.8. The van der Waals surface area contributed by atoms with Gasteiger partial charge in [0.1, 0.15) is 6.61 Å². The average Bonchev–Trinajstić information content (AvgIpc) is 2.90. The molecule has 204 valence electrons. The summed E-state index contributed by atoms with van der Waals surface area (Å²) in [6.45, 7) is -0.473. The Hall–Kier alpha value is -2.78. The van der Waals surface area contributed by atoms with Crippen LogP contribution in [0.15, 0.2) is 34.2 Å². The number of fused-ring (bicyclic) bond motifs is 5. The van der Waals surface area contributed by atoms with E-state index in [0.29, 0.717) is 23.6 Å². The lowest BCUT2D eigenvalue weighted by molar-refractivity contribution is -0.129. The van der Waals surface area contributed by atoms with Crippen molar-refractivity contribution in [1.82, 2.24) is 14.5 Å². The number of benzene rings is 1. The Balaban J connectivity index is 1.36. The summed E-state index contributed by atoms with van der Waals surface area (Å²) in [7, 11) is 0. The highest BCUT2D eigenvalue weighted by atomic mass is 16.6. The molecule has 4 aliphatic rings. The monoisotopic (exact) mass is 522 g/mol. The van der Waals surface area contributed by atoms with Crippen LogP contribution in [-0.2, 0) is 9.63 Å². The molecule has 9 nitrogen and oxygen atoms in total. The molecule has 2 saturated carbocycles. The Bertz CT molecular complexity index is 1250. The van der Waals surface area contributed by atoms with Gasteiger partial charge in [-0.15, -0.1) is 0 Å². The highest BCUT2D eigenvalue weighted by Crippen LogP contribution is 2.47. The van der Waals surface area contributed by atoms with Crippen molar-refractivity contribution < 1.29 is 19.8 Å². The molecule has 2 N–H and O–H groups in total. The van der Waals surface area contributed by atoms with Crippen LogP contribution in [0.3, 0.4) is 0 Å². The lowest BCUT2D eigenvalue weighted by atomic mass is 9.68. The zero-order valence-electron chi connectivity index (χ0n) is 21.9. The normalized spacial score (nSPS) is 31.8. The third-order valence-corrected chi connectivity index (χ3v) is 9.46. The molecular weight excluding hydrogens is 484 g/mol. The van der Waals surface area contributed by atoms with Gasteiger partial charge in [0, 0.05) is 24.2 Å². The zero-order chi connectivity index (χ0) is 26.2. The SMILES string of the molecule is O=C(O)/C(=N\OCCO)c1nc2ccccc2n(C2C[C@H]3CCC[C@@H](C2)N3C2CC3CCCC(C3)C2)c1=O. The minimum absolute atomic E-state index is 0.0304. The summed E-state index contributed by atoms with van der Waals surface area (Å²) in [5, 5.41) is 22.5. The molecule has 2 saturated heterocycles. The number of aliphatic carboxylic acids is 1. The fourth-order valence-electron chi connectivity index (χ4n) is 8.14. The van der Waals surface area contributed by atoms with E-state index in [9.17, 15) is 14.7 Å². The largest absolute Gasteiger partial charge is 0.476 e. The highest BCUT2D eigenvalue weighted by Gasteiger charge is 2.45. The predicted octanol–water partition coefficient (Wildman–Crippen LogP) is 3.72. The van der Waals surface area contributed by atoms with Gasteiger partial charge in [-0.25, -0.2) is 9.78 Å². The highest BCUT2D eigenvalue weighted by molar-refractivity contribution is 6.41. The molecule has 2 aromatic rings. The number of carboxylic acid groups (broad SMARTS) is 1. The van der Waals surface area contributed by atoms with Gasteiger partial charge < -0.3 is 19.6 Å². The van der Waals surface area contributed by atoms with Crippen molar-refractivity contribution in [3.63, 3.8) is 0 Å². The number of carbonyl (C=O) groups is 1. The minimum Gasteiger partial charge on any atom is -0.476 e. The van der Waals surface area contributed by atoms with Crippen LogP contribution < -0.4 is 5.56 Å². The predicted molar refractivity (Wildman–Crippen MR) is 143 cm³/mol. The number of rotatable bonds is 7. The molecule has 2 aliphatic heterocycles. The van der Waals surface area contributed by atoms with E-state index < -0.39 is 17.2 Å². The lowest BCUT2D eigenvalue weighted by Crippen LogP contribution is -2.58. The first-order valence-corrected chi connectivity index (χ1v) is 14.4. The second kappa shape index (κ2) is 10.8. The maximum Gasteiger partial charge on any atom is 0.360 e. The summed E-state index contributed by atoms with van der Waals surface area (Å²) >= 11 is 0. The third kappa shape index (κ3) is 4.75. The number of aliphatic hydroxyl groups is 1. The van der Waals surface area contributed by atoms with Gasteiger partial charge in [0.2, 0.25) is 5.71 Å². The number of nitrogens with zero attached hydrogens (tertiary/aromatic N) is 4. The Morgan fingerprint density at radius 1 is 0.947 bits per heavy atom. The van der Waals surface area contributed by atoms with Gasteiger partial charge in [0.15, 0.2) is 5.69 Å². The van der Waals surface area contributed by atoms with Crippen LogP contribution in [-0.4, -0.2) is 67.7 Å². The summed E-state index contributed by atoms with van der Waals surface area (Å²) in [5.41, 5.74) is 0.0919. The molecule has 1 aromatic carbocycles. The Kier molecular flexibility index (Phi) is 7.22. The van der Waals surface area contributed by atoms with Gasteiger partial charge in [-0.1, -0.05) is 43.0 Å². The summed E-state index contributed by atoms with van der Waals surface area (Å²) in [4.78, 5) is 38.2. The molecule has 0 radical (unpaired) electrons. The number of aromatic nitrogens is 2. The summed E-state index contributed by atoms with van der Waals surface area (Å²) in [6.07, 6.45) is 13.5. The molecule has 3 unspecified atom stereocenters. The molecule has 9 heteroatoms. The molecule has 4 fully saturated rings. The number of para-hydroxylation sites is 2. The van der Waals surface area contributed by atoms with Gasteiger partial charge in [0.05, 0.1) is 17.6 Å². The van der Waals surface area contributed by atoms with Gasteiger partial charge >= 0.3 is 5.97 Å². The van der Waals surface area contributed by atoms with E-state index >= 15 is 0 Å². The van der Waals surface area contributed by atoms with Crippen LogP contribution in [0.1, 0.15) is 82.4 Å². The molecule has 3 heterocycles. The lowest BCUT2D eigenvalue weighted by Gasteiger charge is -2.55. The summed E-state index contributed by atoms with van der Waals surface area (Å²) in [6, 6.07) is 8.96. The van der Waals surface area contributed by atoms with Crippen molar-refractivity contribution in [2.75, 3.05) is 13.2 Å². The Morgan fingerprint density at radius 2 is 1.63 bits per heavy atom. The molecule has 5 atom stereocenters. The summed E-state index contributed by atoms with van der Waals surface area (Å²) < 4.78 is 1.79. The maximum atomic E-state index is 13.9. The molecular formula is C29H38N4O5. The quantitative estimate of drug-likeness (QED) is 0.323. The average molecular weight is 523 g/mol. The van der Waals surface area contributed by atoms with E-state index in [1.54, 1.807) is 10.6 Å². The van der Waals surface area contributed by atoms with Crippen molar-refractivity contribution in [2.24, 2.45) is 17.0 Å². The van der Waals surface area contributed by atoms with Gasteiger partial charge in [-0.05, 0) is 68.9 Å². The molecule has 2 aliphatic carbocycles. The van der Waals surface area contributed by atoms with Gasteiger partial charge in [-0.3, -0.25) is 9.69 Å². The first-order valence-electron chi connectivity index (χ1n) is 14.4.